The number of rotatable bonds is 7. The van der Waals surface area contributed by atoms with Crippen LogP contribution in [-0.2, 0) is 4.74 Å². The molecule has 0 fully saturated rings. The van der Waals surface area contributed by atoms with Crippen molar-refractivity contribution in [1.29, 1.82) is 0 Å². The molecule has 0 unspecified atom stereocenters. The molecule has 1 rings (SSSR count). The van der Waals surface area contributed by atoms with Crippen molar-refractivity contribution in [3.05, 3.63) is 19.9 Å². The lowest BCUT2D eigenvalue weighted by Crippen LogP contribution is -2.39. The number of alkyl halides is 3. The monoisotopic (exact) mass is 421 g/mol. The summed E-state index contributed by atoms with van der Waals surface area (Å²) < 4.78 is 43.6. The van der Waals surface area contributed by atoms with Gasteiger partial charge in [0.05, 0.1) is 8.45 Å². The number of thiophene rings is 1. The fourth-order valence-corrected chi connectivity index (χ4v) is 2.90. The van der Waals surface area contributed by atoms with Crippen molar-refractivity contribution < 1.29 is 22.7 Å². The molecule has 1 amide bonds. The van der Waals surface area contributed by atoms with Crippen LogP contribution < -0.4 is 0 Å². The van der Waals surface area contributed by atoms with E-state index in [2.05, 4.69) is 0 Å². The molecule has 3 nitrogen and oxygen atoms in total. The molecule has 0 saturated heterocycles. The summed E-state index contributed by atoms with van der Waals surface area (Å²) in [5.74, 6) is -0.585. The largest absolute Gasteiger partial charge is 0.406 e. The molecule has 0 aliphatic heterocycles. The Bertz CT molecular complexity index is 437. The van der Waals surface area contributed by atoms with Gasteiger partial charge in [0.1, 0.15) is 6.54 Å². The Morgan fingerprint density at radius 3 is 2.70 bits per heavy atom. The molecule has 0 radical (unpaired) electrons. The molecule has 0 N–H and O–H groups in total. The van der Waals surface area contributed by atoms with E-state index in [0.29, 0.717) is 25.2 Å². The van der Waals surface area contributed by atoms with E-state index in [-0.39, 0.29) is 6.54 Å². The molecular formula is C12H15F3INO2S. The molecule has 8 heteroatoms. The summed E-state index contributed by atoms with van der Waals surface area (Å²) in [5, 5.41) is 1.58. The minimum Gasteiger partial charge on any atom is -0.382 e. The molecule has 114 valence electrons. The summed E-state index contributed by atoms with van der Waals surface area (Å²) in [4.78, 5) is 12.9. The molecule has 0 spiro atoms. The summed E-state index contributed by atoms with van der Waals surface area (Å²) in [6.45, 7) is 1.47. The van der Waals surface area contributed by atoms with E-state index in [0.717, 1.165) is 7.78 Å². The SMILES string of the molecule is CCOCCCN(CC(F)(F)F)C(=O)c1csc(I)c1. The molecule has 20 heavy (non-hydrogen) atoms. The van der Waals surface area contributed by atoms with Crippen LogP contribution in [-0.4, -0.2) is 43.3 Å². The van der Waals surface area contributed by atoms with Crippen LogP contribution in [0.5, 0.6) is 0 Å². The summed E-state index contributed by atoms with van der Waals surface area (Å²) >= 11 is 3.36. The van der Waals surface area contributed by atoms with Crippen LogP contribution in [0.15, 0.2) is 11.4 Å². The fourth-order valence-electron chi connectivity index (χ4n) is 1.58. The van der Waals surface area contributed by atoms with Gasteiger partial charge in [0, 0.05) is 25.1 Å². The molecule has 1 aromatic heterocycles. The average molecular weight is 421 g/mol. The number of hydrogen-bond acceptors (Lipinski definition) is 3. The number of carbonyl (C=O) groups excluding carboxylic acids is 1. The predicted octanol–water partition coefficient (Wildman–Crippen LogP) is 3.78. The van der Waals surface area contributed by atoms with E-state index in [1.807, 2.05) is 29.5 Å². The summed E-state index contributed by atoms with van der Waals surface area (Å²) in [6, 6.07) is 1.60. The van der Waals surface area contributed by atoms with E-state index in [9.17, 15) is 18.0 Å². The second-order valence-electron chi connectivity index (χ2n) is 4.03. The molecule has 0 aromatic carbocycles. The normalized spacial score (nSPS) is 11.7. The first-order valence-corrected chi connectivity index (χ1v) is 7.97. The Kier molecular flexibility index (Phi) is 7.24. The lowest BCUT2D eigenvalue weighted by atomic mass is 10.2. The van der Waals surface area contributed by atoms with Gasteiger partial charge < -0.3 is 9.64 Å². The van der Waals surface area contributed by atoms with Crippen LogP contribution in [0.25, 0.3) is 0 Å². The maximum Gasteiger partial charge on any atom is 0.406 e. The maximum atomic E-state index is 12.5. The zero-order valence-electron chi connectivity index (χ0n) is 10.9. The first-order chi connectivity index (χ1) is 9.33. The summed E-state index contributed by atoms with van der Waals surface area (Å²) in [5.41, 5.74) is 0.306. The van der Waals surface area contributed by atoms with E-state index >= 15 is 0 Å². The number of ether oxygens (including phenoxy) is 1. The summed E-state index contributed by atoms with van der Waals surface area (Å²) in [6.07, 6.45) is -4.01. The van der Waals surface area contributed by atoms with Gasteiger partial charge in [-0.2, -0.15) is 13.2 Å². The summed E-state index contributed by atoms with van der Waals surface area (Å²) in [7, 11) is 0. The lowest BCUT2D eigenvalue weighted by Gasteiger charge is -2.23. The number of hydrogen-bond donors (Lipinski definition) is 0. The second-order valence-corrected chi connectivity index (χ2v) is 6.84. The van der Waals surface area contributed by atoms with Gasteiger partial charge in [-0.15, -0.1) is 11.3 Å². The third kappa shape index (κ3) is 6.40. The van der Waals surface area contributed by atoms with Crippen LogP contribution in [0.4, 0.5) is 13.2 Å². The zero-order chi connectivity index (χ0) is 15.2. The quantitative estimate of drug-likeness (QED) is 0.496. The van der Waals surface area contributed by atoms with E-state index in [4.69, 9.17) is 4.74 Å². The highest BCUT2D eigenvalue weighted by atomic mass is 127. The van der Waals surface area contributed by atoms with Gasteiger partial charge in [0.2, 0.25) is 0 Å². The number of halogens is 4. The van der Waals surface area contributed by atoms with E-state index in [1.54, 1.807) is 11.4 Å². The highest BCUT2D eigenvalue weighted by Crippen LogP contribution is 2.21. The van der Waals surface area contributed by atoms with Crippen LogP contribution in [0.2, 0.25) is 0 Å². The molecule has 0 atom stereocenters. The Morgan fingerprint density at radius 1 is 1.50 bits per heavy atom. The fraction of sp³-hybridized carbons (Fsp3) is 0.583. The predicted molar refractivity (Wildman–Crippen MR) is 80.1 cm³/mol. The highest BCUT2D eigenvalue weighted by molar-refractivity contribution is 14.1. The van der Waals surface area contributed by atoms with Crippen molar-refractivity contribution in [2.75, 3.05) is 26.3 Å². The lowest BCUT2D eigenvalue weighted by molar-refractivity contribution is -0.141. The zero-order valence-corrected chi connectivity index (χ0v) is 13.8. The van der Waals surface area contributed by atoms with Gasteiger partial charge in [-0.3, -0.25) is 4.79 Å². The first kappa shape index (κ1) is 17.7. The highest BCUT2D eigenvalue weighted by Gasteiger charge is 2.33. The van der Waals surface area contributed by atoms with Crippen molar-refractivity contribution in [3.8, 4) is 0 Å². The number of carbonyl (C=O) groups is 1. The van der Waals surface area contributed by atoms with E-state index < -0.39 is 18.6 Å². The number of nitrogens with zero attached hydrogens (tertiary/aromatic N) is 1. The molecular weight excluding hydrogens is 406 g/mol. The Morgan fingerprint density at radius 2 is 2.20 bits per heavy atom. The van der Waals surface area contributed by atoms with Crippen molar-refractivity contribution in [3.63, 3.8) is 0 Å². The first-order valence-electron chi connectivity index (χ1n) is 6.01. The Labute approximate surface area is 133 Å². The average Bonchev–Trinajstić information content (AvgIpc) is 2.77. The third-order valence-corrected chi connectivity index (χ3v) is 4.18. The van der Waals surface area contributed by atoms with Crippen LogP contribution >= 0.6 is 33.9 Å². The standard InChI is InChI=1S/C12H15F3INO2S/c1-2-19-5-3-4-17(8-12(13,14)15)11(18)9-6-10(16)20-7-9/h6-7H,2-5,8H2,1H3. The van der Waals surface area contributed by atoms with Crippen LogP contribution in [0.3, 0.4) is 0 Å². The van der Waals surface area contributed by atoms with Gasteiger partial charge in [-0.25, -0.2) is 0 Å². The van der Waals surface area contributed by atoms with Gasteiger partial charge in [0.15, 0.2) is 0 Å². The van der Waals surface area contributed by atoms with Crippen molar-refractivity contribution in [2.24, 2.45) is 0 Å². The number of amides is 1. The maximum absolute atomic E-state index is 12.5. The van der Waals surface area contributed by atoms with E-state index in [1.165, 1.54) is 11.3 Å². The molecule has 0 aliphatic rings. The van der Waals surface area contributed by atoms with Gasteiger partial charge in [0.25, 0.3) is 5.91 Å². The molecule has 0 saturated carbocycles. The molecule has 0 aliphatic carbocycles. The van der Waals surface area contributed by atoms with Gasteiger partial charge >= 0.3 is 6.18 Å². The Balaban J connectivity index is 2.68. The minimum absolute atomic E-state index is 0.0325. The van der Waals surface area contributed by atoms with Crippen molar-refractivity contribution in [1.82, 2.24) is 4.90 Å². The van der Waals surface area contributed by atoms with Crippen LogP contribution in [0, 0.1) is 2.88 Å². The molecule has 1 aromatic rings. The van der Waals surface area contributed by atoms with Crippen molar-refractivity contribution >= 4 is 39.8 Å². The third-order valence-electron chi connectivity index (χ3n) is 2.39. The molecule has 0 bridgehead atoms. The van der Waals surface area contributed by atoms with Gasteiger partial charge in [-0.1, -0.05) is 0 Å². The Hall–Kier alpha value is -0.350. The van der Waals surface area contributed by atoms with Crippen molar-refractivity contribution in [2.45, 2.75) is 19.5 Å². The smallest absolute Gasteiger partial charge is 0.382 e. The minimum atomic E-state index is -4.40. The van der Waals surface area contributed by atoms with Gasteiger partial charge in [-0.05, 0) is 42.0 Å². The second kappa shape index (κ2) is 8.18. The molecule has 1 heterocycles. The van der Waals surface area contributed by atoms with Crippen LogP contribution in [0.1, 0.15) is 23.7 Å². The topological polar surface area (TPSA) is 29.5 Å².